The number of benzene rings is 1. The van der Waals surface area contributed by atoms with Crippen molar-refractivity contribution >= 4 is 23.3 Å². The summed E-state index contributed by atoms with van der Waals surface area (Å²) in [5.74, 6) is 0.517. The number of aromatic nitrogens is 2. The number of aldehydes is 1. The number of hydrogen-bond acceptors (Lipinski definition) is 3. The van der Waals surface area contributed by atoms with E-state index in [-0.39, 0.29) is 0 Å². The fourth-order valence-electron chi connectivity index (χ4n) is 2.04. The Morgan fingerprint density at radius 1 is 1.50 bits per heavy atom. The molecule has 0 saturated carbocycles. The number of imidazole rings is 1. The molecule has 0 amide bonds. The number of anilines is 1. The van der Waals surface area contributed by atoms with E-state index in [0.717, 1.165) is 35.8 Å². The molecule has 0 aliphatic carbocycles. The van der Waals surface area contributed by atoms with E-state index >= 15 is 0 Å². The van der Waals surface area contributed by atoms with Crippen molar-refractivity contribution in [3.05, 3.63) is 23.3 Å². The molecule has 4 heteroatoms. The second kappa shape index (κ2) is 3.96. The molecular weight excluding hydrogens is 202 g/mol. The van der Waals surface area contributed by atoms with Crippen molar-refractivity contribution in [2.45, 2.75) is 26.8 Å². The summed E-state index contributed by atoms with van der Waals surface area (Å²) in [5, 5.41) is 0. The lowest BCUT2D eigenvalue weighted by molar-refractivity contribution is 0.112. The summed E-state index contributed by atoms with van der Waals surface area (Å²) in [4.78, 5) is 15.0. The molecule has 0 aliphatic rings. The normalized spacial score (nSPS) is 10.9. The molecule has 0 unspecified atom stereocenters. The van der Waals surface area contributed by atoms with Crippen molar-refractivity contribution in [1.29, 1.82) is 0 Å². The van der Waals surface area contributed by atoms with Gasteiger partial charge >= 0.3 is 0 Å². The molecule has 84 valence electrons. The molecule has 0 spiro atoms. The Morgan fingerprint density at radius 2 is 2.25 bits per heavy atom. The predicted molar refractivity (Wildman–Crippen MR) is 64.6 cm³/mol. The van der Waals surface area contributed by atoms with Crippen LogP contribution in [-0.2, 0) is 6.54 Å². The minimum absolute atomic E-state index is 0.517. The molecule has 1 heterocycles. The van der Waals surface area contributed by atoms with Crippen LogP contribution in [0.15, 0.2) is 12.1 Å². The van der Waals surface area contributed by atoms with E-state index in [1.807, 2.05) is 17.6 Å². The number of carbonyl (C=O) groups excluding carboxylic acids is 1. The molecule has 16 heavy (non-hydrogen) atoms. The Kier molecular flexibility index (Phi) is 2.64. The number of fused-ring (bicyclic) bond motifs is 1. The zero-order chi connectivity index (χ0) is 11.7. The Bertz CT molecular complexity index is 543. The lowest BCUT2D eigenvalue weighted by atomic mass is 10.1. The molecule has 1 aromatic heterocycles. The summed E-state index contributed by atoms with van der Waals surface area (Å²) in [6.45, 7) is 4.92. The topological polar surface area (TPSA) is 60.9 Å². The zero-order valence-corrected chi connectivity index (χ0v) is 9.53. The second-order valence-electron chi connectivity index (χ2n) is 3.95. The monoisotopic (exact) mass is 217 g/mol. The highest BCUT2D eigenvalue weighted by molar-refractivity contribution is 5.88. The third-order valence-corrected chi connectivity index (χ3v) is 2.67. The van der Waals surface area contributed by atoms with Crippen LogP contribution in [0, 0.1) is 6.92 Å². The average molecular weight is 217 g/mol. The van der Waals surface area contributed by atoms with E-state index in [1.54, 1.807) is 6.07 Å². The van der Waals surface area contributed by atoms with Gasteiger partial charge in [0.1, 0.15) is 6.29 Å². The number of rotatable bonds is 3. The largest absolute Gasteiger partial charge is 0.369 e. The molecule has 0 fully saturated rings. The smallest absolute Gasteiger partial charge is 0.201 e. The molecule has 0 bridgehead atoms. The molecule has 4 nitrogen and oxygen atoms in total. The van der Waals surface area contributed by atoms with Crippen LogP contribution < -0.4 is 5.73 Å². The van der Waals surface area contributed by atoms with Gasteiger partial charge in [0.25, 0.3) is 0 Å². The minimum atomic E-state index is 0.517. The summed E-state index contributed by atoms with van der Waals surface area (Å²) in [7, 11) is 0. The summed E-state index contributed by atoms with van der Waals surface area (Å²) in [6.07, 6.45) is 1.84. The van der Waals surface area contributed by atoms with Crippen molar-refractivity contribution in [3.63, 3.8) is 0 Å². The first-order valence-corrected chi connectivity index (χ1v) is 5.39. The number of aryl methyl sites for hydroxylation is 2. The van der Waals surface area contributed by atoms with E-state index < -0.39 is 0 Å². The lowest BCUT2D eigenvalue weighted by Gasteiger charge is -2.06. The molecule has 1 aromatic carbocycles. The van der Waals surface area contributed by atoms with Gasteiger partial charge in [-0.2, -0.15) is 0 Å². The first kappa shape index (κ1) is 10.7. The average Bonchev–Trinajstić information content (AvgIpc) is 2.56. The molecule has 2 aromatic rings. The summed E-state index contributed by atoms with van der Waals surface area (Å²) in [5.41, 5.74) is 9.38. The fraction of sp³-hybridized carbons (Fsp3) is 0.333. The Morgan fingerprint density at radius 3 is 2.88 bits per heavy atom. The minimum Gasteiger partial charge on any atom is -0.369 e. The van der Waals surface area contributed by atoms with Crippen molar-refractivity contribution in [3.8, 4) is 0 Å². The molecule has 0 aliphatic heterocycles. The maximum Gasteiger partial charge on any atom is 0.201 e. The number of nitrogen functional groups attached to an aromatic ring is 1. The first-order valence-electron chi connectivity index (χ1n) is 5.39. The van der Waals surface area contributed by atoms with Crippen molar-refractivity contribution in [1.82, 2.24) is 9.55 Å². The van der Waals surface area contributed by atoms with E-state index in [0.29, 0.717) is 11.5 Å². The summed E-state index contributed by atoms with van der Waals surface area (Å²) >= 11 is 0. The maximum atomic E-state index is 10.8. The van der Waals surface area contributed by atoms with E-state index in [1.165, 1.54) is 0 Å². The van der Waals surface area contributed by atoms with Gasteiger partial charge in [-0.25, -0.2) is 4.98 Å². The Balaban J connectivity index is 2.74. The predicted octanol–water partition coefficient (Wildman–Crippen LogP) is 2.15. The Labute approximate surface area is 94.1 Å². The molecule has 0 atom stereocenters. The van der Waals surface area contributed by atoms with E-state index in [2.05, 4.69) is 11.9 Å². The van der Waals surface area contributed by atoms with Crippen LogP contribution in [0.3, 0.4) is 0 Å². The van der Waals surface area contributed by atoms with Crippen LogP contribution in [0.2, 0.25) is 0 Å². The van der Waals surface area contributed by atoms with E-state index in [4.69, 9.17) is 5.73 Å². The molecule has 2 N–H and O–H groups in total. The highest BCUT2D eigenvalue weighted by atomic mass is 16.1. The third kappa shape index (κ3) is 1.56. The second-order valence-corrected chi connectivity index (χ2v) is 3.95. The van der Waals surface area contributed by atoms with Crippen LogP contribution in [0.25, 0.3) is 11.0 Å². The quantitative estimate of drug-likeness (QED) is 0.801. The van der Waals surface area contributed by atoms with Crippen LogP contribution >= 0.6 is 0 Å². The molecular formula is C12H15N3O. The van der Waals surface area contributed by atoms with Crippen LogP contribution in [0.4, 0.5) is 5.95 Å². The summed E-state index contributed by atoms with van der Waals surface area (Å²) < 4.78 is 2.00. The third-order valence-electron chi connectivity index (χ3n) is 2.67. The van der Waals surface area contributed by atoms with Gasteiger partial charge in [-0.3, -0.25) is 4.79 Å². The van der Waals surface area contributed by atoms with Crippen LogP contribution in [-0.4, -0.2) is 15.8 Å². The zero-order valence-electron chi connectivity index (χ0n) is 9.53. The number of nitrogens with two attached hydrogens (primary N) is 1. The van der Waals surface area contributed by atoms with E-state index in [9.17, 15) is 4.79 Å². The SMILES string of the molecule is CCCn1c(N)nc2cc(C=O)cc(C)c21. The van der Waals surface area contributed by atoms with Crippen molar-refractivity contribution in [2.24, 2.45) is 0 Å². The van der Waals surface area contributed by atoms with Crippen molar-refractivity contribution in [2.75, 3.05) is 5.73 Å². The molecule has 0 saturated heterocycles. The van der Waals surface area contributed by atoms with Gasteiger partial charge in [0.2, 0.25) is 5.95 Å². The highest BCUT2D eigenvalue weighted by Gasteiger charge is 2.10. The van der Waals surface area contributed by atoms with Crippen LogP contribution in [0.1, 0.15) is 29.3 Å². The van der Waals surface area contributed by atoms with Gasteiger partial charge < -0.3 is 10.3 Å². The van der Waals surface area contributed by atoms with Gasteiger partial charge in [-0.15, -0.1) is 0 Å². The van der Waals surface area contributed by atoms with Crippen LogP contribution in [0.5, 0.6) is 0 Å². The standard InChI is InChI=1S/C12H15N3O/c1-3-4-15-11-8(2)5-9(7-16)6-10(11)14-12(15)13/h5-7H,3-4H2,1-2H3,(H2,13,14). The lowest BCUT2D eigenvalue weighted by Crippen LogP contribution is -2.03. The van der Waals surface area contributed by atoms with Crippen molar-refractivity contribution < 1.29 is 4.79 Å². The number of nitrogens with zero attached hydrogens (tertiary/aromatic N) is 2. The molecule has 0 radical (unpaired) electrons. The molecule has 2 rings (SSSR count). The Hall–Kier alpha value is -1.84. The number of hydrogen-bond donors (Lipinski definition) is 1. The highest BCUT2D eigenvalue weighted by Crippen LogP contribution is 2.23. The maximum absolute atomic E-state index is 10.8. The van der Waals surface area contributed by atoms with Gasteiger partial charge in [0.05, 0.1) is 11.0 Å². The fourth-order valence-corrected chi connectivity index (χ4v) is 2.04. The van der Waals surface area contributed by atoms with Gasteiger partial charge in [-0.05, 0) is 31.0 Å². The van der Waals surface area contributed by atoms with Gasteiger partial charge in [0, 0.05) is 12.1 Å². The number of carbonyl (C=O) groups is 1. The first-order chi connectivity index (χ1) is 7.67. The van der Waals surface area contributed by atoms with Gasteiger partial charge in [0.15, 0.2) is 0 Å². The van der Waals surface area contributed by atoms with Gasteiger partial charge in [-0.1, -0.05) is 6.92 Å². The summed E-state index contributed by atoms with van der Waals surface area (Å²) in [6, 6.07) is 3.64.